The smallest absolute Gasteiger partial charge is 0.282 e. The van der Waals surface area contributed by atoms with Gasteiger partial charge in [0.05, 0.1) is 17.9 Å². The average Bonchev–Trinajstić information content (AvgIpc) is 3.05. The van der Waals surface area contributed by atoms with E-state index >= 15 is 0 Å². The van der Waals surface area contributed by atoms with Crippen molar-refractivity contribution < 1.29 is 19.1 Å². The summed E-state index contributed by atoms with van der Waals surface area (Å²) in [5.74, 6) is -0.341. The number of hydrogen-bond acceptors (Lipinski definition) is 5. The molecule has 7 heteroatoms. The highest BCUT2D eigenvalue weighted by Gasteiger charge is 2.40. The predicted molar refractivity (Wildman–Crippen MR) is 133 cm³/mol. The first kappa shape index (κ1) is 22.8. The zero-order chi connectivity index (χ0) is 24.2. The van der Waals surface area contributed by atoms with E-state index in [1.54, 1.807) is 60.7 Å². The van der Waals surface area contributed by atoms with Crippen molar-refractivity contribution in [1.82, 2.24) is 0 Å². The summed E-state index contributed by atoms with van der Waals surface area (Å²) >= 11 is 0. The molecule has 172 valence electrons. The number of hydrogen-bond donors (Lipinski definition) is 2. The minimum absolute atomic E-state index is 0.182. The predicted octanol–water partition coefficient (Wildman–Crippen LogP) is 4.75. The maximum Gasteiger partial charge on any atom is 0.282 e. The van der Waals surface area contributed by atoms with Crippen LogP contribution >= 0.6 is 0 Å². The summed E-state index contributed by atoms with van der Waals surface area (Å²) in [6, 6.07) is 21.2. The maximum absolute atomic E-state index is 13.5. The number of carbonyl (C=O) groups is 3. The Bertz CT molecular complexity index is 1260. The van der Waals surface area contributed by atoms with Gasteiger partial charge in [0, 0.05) is 18.3 Å². The van der Waals surface area contributed by atoms with Gasteiger partial charge in [-0.05, 0) is 67.9 Å². The van der Waals surface area contributed by atoms with Crippen LogP contribution in [0.4, 0.5) is 17.1 Å². The zero-order valence-corrected chi connectivity index (χ0v) is 19.2. The fraction of sp³-hybridized carbons (Fsp3) is 0.148. The molecule has 3 amide bonds. The number of amides is 3. The first-order chi connectivity index (χ1) is 16.4. The Labute approximate surface area is 198 Å². The molecule has 4 rings (SSSR count). The monoisotopic (exact) mass is 455 g/mol. The van der Waals surface area contributed by atoms with Crippen molar-refractivity contribution >= 4 is 40.4 Å². The Morgan fingerprint density at radius 2 is 1.47 bits per heavy atom. The van der Waals surface area contributed by atoms with Gasteiger partial charge in [0.25, 0.3) is 11.8 Å². The van der Waals surface area contributed by atoms with E-state index < -0.39 is 11.8 Å². The van der Waals surface area contributed by atoms with Crippen LogP contribution in [0, 0.1) is 6.92 Å². The fourth-order valence-electron chi connectivity index (χ4n) is 3.71. The van der Waals surface area contributed by atoms with Crippen LogP contribution in [-0.4, -0.2) is 24.3 Å². The summed E-state index contributed by atoms with van der Waals surface area (Å²) in [5.41, 5.74) is 3.78. The van der Waals surface area contributed by atoms with Gasteiger partial charge in [-0.1, -0.05) is 29.8 Å². The number of benzene rings is 3. The zero-order valence-electron chi connectivity index (χ0n) is 19.2. The molecule has 0 atom stereocenters. The molecule has 0 spiro atoms. The Kier molecular flexibility index (Phi) is 6.45. The number of nitrogens with one attached hydrogen (secondary N) is 2. The molecule has 0 radical (unpaired) electrons. The van der Waals surface area contributed by atoms with Crippen LogP contribution in [0.3, 0.4) is 0 Å². The van der Waals surface area contributed by atoms with Gasteiger partial charge in [-0.3, -0.25) is 14.4 Å². The Balaban J connectivity index is 1.74. The molecule has 1 heterocycles. The molecule has 0 saturated carbocycles. The summed E-state index contributed by atoms with van der Waals surface area (Å²) in [6.07, 6.45) is 0. The van der Waals surface area contributed by atoms with E-state index in [2.05, 4.69) is 10.6 Å². The van der Waals surface area contributed by atoms with Crippen LogP contribution < -0.4 is 20.3 Å². The Morgan fingerprint density at radius 3 is 2.06 bits per heavy atom. The molecule has 0 aromatic heterocycles. The quantitative estimate of drug-likeness (QED) is 0.502. The van der Waals surface area contributed by atoms with Gasteiger partial charge in [0.1, 0.15) is 11.4 Å². The first-order valence-corrected chi connectivity index (χ1v) is 10.9. The van der Waals surface area contributed by atoms with Gasteiger partial charge >= 0.3 is 0 Å². The maximum atomic E-state index is 13.5. The molecule has 34 heavy (non-hydrogen) atoms. The average molecular weight is 456 g/mol. The van der Waals surface area contributed by atoms with Crippen molar-refractivity contribution in [1.29, 1.82) is 0 Å². The van der Waals surface area contributed by atoms with E-state index in [9.17, 15) is 14.4 Å². The van der Waals surface area contributed by atoms with Crippen LogP contribution in [-0.2, 0) is 14.4 Å². The minimum Gasteiger partial charge on any atom is -0.494 e. The number of nitrogens with zero attached hydrogens (tertiary/aromatic N) is 1. The summed E-state index contributed by atoms with van der Waals surface area (Å²) in [4.78, 5) is 39.5. The van der Waals surface area contributed by atoms with Crippen LogP contribution in [0.2, 0.25) is 0 Å². The topological polar surface area (TPSA) is 87.7 Å². The van der Waals surface area contributed by atoms with E-state index in [-0.39, 0.29) is 17.2 Å². The number of carbonyl (C=O) groups excluding carboxylic acids is 3. The molecule has 2 N–H and O–H groups in total. The van der Waals surface area contributed by atoms with Gasteiger partial charge in [-0.25, -0.2) is 4.90 Å². The molecule has 0 saturated heterocycles. The van der Waals surface area contributed by atoms with E-state index in [4.69, 9.17) is 4.74 Å². The highest BCUT2D eigenvalue weighted by atomic mass is 16.5. The summed E-state index contributed by atoms with van der Waals surface area (Å²) < 4.78 is 5.48. The van der Waals surface area contributed by atoms with Crippen LogP contribution in [0.15, 0.2) is 78.5 Å². The van der Waals surface area contributed by atoms with E-state index in [1.165, 1.54) is 11.8 Å². The largest absolute Gasteiger partial charge is 0.494 e. The molecular formula is C27H25N3O4. The first-order valence-electron chi connectivity index (χ1n) is 10.9. The molecular weight excluding hydrogens is 430 g/mol. The third-order valence-corrected chi connectivity index (χ3v) is 5.30. The number of anilines is 3. The Hall–Kier alpha value is -4.39. The lowest BCUT2D eigenvalue weighted by Gasteiger charge is -2.15. The standard InChI is InChI=1S/C27H25N3O4/c1-4-34-23-15-11-21(12-16-23)29-25-24(19-7-9-20(10-8-19)28-18(3)31)26(32)30(27(25)33)22-13-5-17(2)6-14-22/h5-16,29H,4H2,1-3H3,(H,28,31). The van der Waals surface area contributed by atoms with Gasteiger partial charge in [-0.15, -0.1) is 0 Å². The second-order valence-electron chi connectivity index (χ2n) is 7.87. The number of imide groups is 1. The van der Waals surface area contributed by atoms with Gasteiger partial charge in [-0.2, -0.15) is 0 Å². The van der Waals surface area contributed by atoms with Crippen molar-refractivity contribution in [3.8, 4) is 5.75 Å². The van der Waals surface area contributed by atoms with Crippen molar-refractivity contribution in [2.75, 3.05) is 22.1 Å². The van der Waals surface area contributed by atoms with Crippen LogP contribution in [0.1, 0.15) is 25.0 Å². The number of aryl methyl sites for hydroxylation is 1. The molecule has 1 aliphatic rings. The normalized spacial score (nSPS) is 13.3. The lowest BCUT2D eigenvalue weighted by Crippen LogP contribution is -2.32. The highest BCUT2D eigenvalue weighted by Crippen LogP contribution is 2.34. The second kappa shape index (κ2) is 9.62. The van der Waals surface area contributed by atoms with Gasteiger partial charge < -0.3 is 15.4 Å². The fourth-order valence-corrected chi connectivity index (χ4v) is 3.71. The molecule has 0 unspecified atom stereocenters. The van der Waals surface area contributed by atoms with Crippen LogP contribution in [0.5, 0.6) is 5.75 Å². The number of ether oxygens (including phenoxy) is 1. The molecule has 1 aliphatic heterocycles. The van der Waals surface area contributed by atoms with E-state index in [0.717, 1.165) is 5.56 Å². The third kappa shape index (κ3) is 4.68. The third-order valence-electron chi connectivity index (χ3n) is 5.30. The summed E-state index contributed by atoms with van der Waals surface area (Å²) in [7, 11) is 0. The Morgan fingerprint density at radius 1 is 0.853 bits per heavy atom. The lowest BCUT2D eigenvalue weighted by molar-refractivity contribution is -0.120. The molecule has 0 aliphatic carbocycles. The molecule has 7 nitrogen and oxygen atoms in total. The van der Waals surface area contributed by atoms with Crippen molar-refractivity contribution in [2.24, 2.45) is 0 Å². The second-order valence-corrected chi connectivity index (χ2v) is 7.87. The minimum atomic E-state index is -0.441. The molecule has 0 bridgehead atoms. The van der Waals surface area contributed by atoms with Gasteiger partial charge in [0.15, 0.2) is 0 Å². The highest BCUT2D eigenvalue weighted by molar-refractivity contribution is 6.46. The van der Waals surface area contributed by atoms with Crippen molar-refractivity contribution in [3.05, 3.63) is 89.6 Å². The van der Waals surface area contributed by atoms with Crippen molar-refractivity contribution in [3.63, 3.8) is 0 Å². The lowest BCUT2D eigenvalue weighted by atomic mass is 10.0. The SMILES string of the molecule is CCOc1ccc(NC2=C(c3ccc(NC(C)=O)cc3)C(=O)N(c3ccc(C)cc3)C2=O)cc1. The number of rotatable bonds is 7. The molecule has 3 aromatic carbocycles. The van der Waals surface area contributed by atoms with Gasteiger partial charge in [0.2, 0.25) is 5.91 Å². The summed E-state index contributed by atoms with van der Waals surface area (Å²) in [6.45, 7) is 5.82. The van der Waals surface area contributed by atoms with Crippen LogP contribution in [0.25, 0.3) is 5.57 Å². The van der Waals surface area contributed by atoms with E-state index in [1.807, 2.05) is 26.0 Å². The van der Waals surface area contributed by atoms with E-state index in [0.29, 0.717) is 35.0 Å². The molecule has 3 aromatic rings. The summed E-state index contributed by atoms with van der Waals surface area (Å²) in [5, 5.41) is 5.84. The van der Waals surface area contributed by atoms with Crippen molar-refractivity contribution in [2.45, 2.75) is 20.8 Å². The molecule has 0 fully saturated rings.